The number of nitrogens with one attached hydrogen (secondary N) is 1. The fourth-order valence-corrected chi connectivity index (χ4v) is 2.42. The van der Waals surface area contributed by atoms with Gasteiger partial charge in [-0.25, -0.2) is 0 Å². The van der Waals surface area contributed by atoms with Crippen molar-refractivity contribution in [3.63, 3.8) is 0 Å². The van der Waals surface area contributed by atoms with Crippen LogP contribution in [-0.2, 0) is 13.0 Å². The van der Waals surface area contributed by atoms with Gasteiger partial charge in [0.2, 0.25) is 0 Å². The van der Waals surface area contributed by atoms with Gasteiger partial charge in [0.1, 0.15) is 5.84 Å². The van der Waals surface area contributed by atoms with Crippen LogP contribution < -0.4 is 10.6 Å². The number of amidine groups is 1. The van der Waals surface area contributed by atoms with Gasteiger partial charge < -0.3 is 10.6 Å². The molecule has 3 N–H and O–H groups in total. The molecule has 2 rings (SSSR count). The Morgan fingerprint density at radius 2 is 1.86 bits per heavy atom. The number of halogens is 1. The van der Waals surface area contributed by atoms with Crippen molar-refractivity contribution in [3.8, 4) is 0 Å². The maximum absolute atomic E-state index is 7.43. The Hall–Kier alpha value is -2.00. The van der Waals surface area contributed by atoms with Crippen molar-refractivity contribution in [1.29, 1.82) is 5.41 Å². The van der Waals surface area contributed by atoms with Crippen LogP contribution in [0.15, 0.2) is 42.5 Å². The van der Waals surface area contributed by atoms with Crippen molar-refractivity contribution in [2.75, 3.05) is 11.9 Å². The summed E-state index contributed by atoms with van der Waals surface area (Å²) in [6, 6.07) is 14.0. The van der Waals surface area contributed by atoms with Crippen LogP contribution >= 0.6 is 11.6 Å². The second-order valence-electron chi connectivity index (χ2n) is 5.10. The molecule has 0 amide bonds. The zero-order valence-electron chi connectivity index (χ0n) is 12.4. The fourth-order valence-electron chi connectivity index (χ4n) is 2.18. The molecule has 0 aromatic heterocycles. The highest BCUT2D eigenvalue weighted by atomic mass is 35.5. The summed E-state index contributed by atoms with van der Waals surface area (Å²) in [6.07, 6.45) is 1.04. The lowest BCUT2D eigenvalue weighted by Gasteiger charge is -2.20. The van der Waals surface area contributed by atoms with Crippen LogP contribution in [-0.4, -0.2) is 12.9 Å². The summed E-state index contributed by atoms with van der Waals surface area (Å²) in [4.78, 5) is 2.15. The number of nitrogens with two attached hydrogens (primary N) is 1. The van der Waals surface area contributed by atoms with E-state index in [2.05, 4.69) is 36.1 Å². The van der Waals surface area contributed by atoms with Gasteiger partial charge >= 0.3 is 0 Å². The van der Waals surface area contributed by atoms with Crippen molar-refractivity contribution in [1.82, 2.24) is 0 Å². The minimum Gasteiger partial charge on any atom is -0.384 e. The highest BCUT2D eigenvalue weighted by Crippen LogP contribution is 2.22. The molecule has 4 heteroatoms. The standard InChI is InChI=1S/C17H20ClN3/c1-3-12-4-8-15(9-5-12)21(2)11-14-7-6-13(17(19)20)10-16(14)18/h4-10H,3,11H2,1-2H3,(H3,19,20). The molecule has 0 aliphatic heterocycles. The third kappa shape index (κ3) is 3.76. The van der Waals surface area contributed by atoms with Gasteiger partial charge in [-0.05, 0) is 35.7 Å². The number of nitrogen functional groups attached to an aromatic ring is 1. The van der Waals surface area contributed by atoms with Crippen LogP contribution in [0.4, 0.5) is 5.69 Å². The van der Waals surface area contributed by atoms with Gasteiger partial charge in [-0.2, -0.15) is 0 Å². The average molecular weight is 302 g/mol. The monoisotopic (exact) mass is 301 g/mol. The maximum Gasteiger partial charge on any atom is 0.122 e. The predicted octanol–water partition coefficient (Wildman–Crippen LogP) is 3.82. The first kappa shape index (κ1) is 15.4. The molecule has 0 atom stereocenters. The molecule has 0 aliphatic carbocycles. The van der Waals surface area contributed by atoms with Crippen molar-refractivity contribution in [3.05, 3.63) is 64.2 Å². The van der Waals surface area contributed by atoms with Crippen molar-refractivity contribution >= 4 is 23.1 Å². The van der Waals surface area contributed by atoms with Crippen LogP contribution in [0.2, 0.25) is 5.02 Å². The van der Waals surface area contributed by atoms with E-state index in [-0.39, 0.29) is 5.84 Å². The Morgan fingerprint density at radius 1 is 1.19 bits per heavy atom. The van der Waals surface area contributed by atoms with Crippen LogP contribution in [0.3, 0.4) is 0 Å². The fraction of sp³-hybridized carbons (Fsp3) is 0.235. The lowest BCUT2D eigenvalue weighted by Crippen LogP contribution is -2.17. The topological polar surface area (TPSA) is 53.1 Å². The lowest BCUT2D eigenvalue weighted by atomic mass is 10.1. The summed E-state index contributed by atoms with van der Waals surface area (Å²) in [7, 11) is 2.04. The number of nitrogens with zero attached hydrogens (tertiary/aromatic N) is 1. The summed E-state index contributed by atoms with van der Waals surface area (Å²) in [6.45, 7) is 2.86. The minimum atomic E-state index is 0.0342. The van der Waals surface area contributed by atoms with Crippen LogP contribution in [0.25, 0.3) is 0 Å². The molecule has 0 saturated heterocycles. The summed E-state index contributed by atoms with van der Waals surface area (Å²) in [5.41, 5.74) is 9.62. The molecule has 110 valence electrons. The Balaban J connectivity index is 2.14. The Kier molecular flexibility index (Phi) is 4.86. The third-order valence-electron chi connectivity index (χ3n) is 3.56. The van der Waals surface area contributed by atoms with Gasteiger partial charge in [-0.1, -0.05) is 42.8 Å². The number of aryl methyl sites for hydroxylation is 1. The smallest absolute Gasteiger partial charge is 0.122 e. The second kappa shape index (κ2) is 6.64. The zero-order valence-corrected chi connectivity index (χ0v) is 13.1. The van der Waals surface area contributed by atoms with E-state index in [1.165, 1.54) is 5.56 Å². The minimum absolute atomic E-state index is 0.0342. The van der Waals surface area contributed by atoms with Crippen LogP contribution in [0.5, 0.6) is 0 Å². The SMILES string of the molecule is CCc1ccc(N(C)Cc2ccc(C(=N)N)cc2Cl)cc1. The molecule has 0 heterocycles. The Morgan fingerprint density at radius 3 is 2.38 bits per heavy atom. The van der Waals surface area contributed by atoms with Crippen molar-refractivity contribution < 1.29 is 0 Å². The summed E-state index contributed by atoms with van der Waals surface area (Å²) in [5, 5.41) is 8.06. The van der Waals surface area contributed by atoms with Crippen LogP contribution in [0, 0.1) is 5.41 Å². The number of rotatable bonds is 5. The molecule has 0 unspecified atom stereocenters. The van der Waals surface area contributed by atoms with E-state index < -0.39 is 0 Å². The summed E-state index contributed by atoms with van der Waals surface area (Å²) >= 11 is 6.27. The first-order valence-corrected chi connectivity index (χ1v) is 7.32. The lowest BCUT2D eigenvalue weighted by molar-refractivity contribution is 0.922. The maximum atomic E-state index is 7.43. The highest BCUT2D eigenvalue weighted by Gasteiger charge is 2.07. The largest absolute Gasteiger partial charge is 0.384 e. The molecule has 0 fully saturated rings. The Labute approximate surface area is 130 Å². The van der Waals surface area contributed by atoms with E-state index in [9.17, 15) is 0 Å². The molecular formula is C17H20ClN3. The van der Waals surface area contributed by atoms with Gasteiger partial charge in [-0.3, -0.25) is 5.41 Å². The van der Waals surface area contributed by atoms with Gasteiger partial charge in [0.25, 0.3) is 0 Å². The number of hydrogen-bond acceptors (Lipinski definition) is 2. The van der Waals surface area contributed by atoms with Gasteiger partial charge in [0, 0.05) is 29.9 Å². The van der Waals surface area contributed by atoms with Gasteiger partial charge in [-0.15, -0.1) is 0 Å². The molecule has 0 aliphatic rings. The molecule has 21 heavy (non-hydrogen) atoms. The number of hydrogen-bond donors (Lipinski definition) is 2. The number of anilines is 1. The molecule has 2 aromatic rings. The summed E-state index contributed by atoms with van der Waals surface area (Å²) < 4.78 is 0. The van der Waals surface area contributed by atoms with E-state index in [0.29, 0.717) is 17.1 Å². The summed E-state index contributed by atoms with van der Waals surface area (Å²) in [5.74, 6) is 0.0342. The highest BCUT2D eigenvalue weighted by molar-refractivity contribution is 6.31. The van der Waals surface area contributed by atoms with Gasteiger partial charge in [0.05, 0.1) is 0 Å². The van der Waals surface area contributed by atoms with Crippen LogP contribution in [0.1, 0.15) is 23.6 Å². The first-order chi connectivity index (χ1) is 10.0. The molecule has 0 spiro atoms. The average Bonchev–Trinajstić information content (AvgIpc) is 2.49. The van der Waals surface area contributed by atoms with E-state index >= 15 is 0 Å². The number of benzene rings is 2. The third-order valence-corrected chi connectivity index (χ3v) is 3.91. The van der Waals surface area contributed by atoms with E-state index in [1.807, 2.05) is 19.2 Å². The normalized spacial score (nSPS) is 10.4. The van der Waals surface area contributed by atoms with Gasteiger partial charge in [0.15, 0.2) is 0 Å². The first-order valence-electron chi connectivity index (χ1n) is 6.94. The molecule has 0 bridgehead atoms. The van der Waals surface area contributed by atoms with Crippen molar-refractivity contribution in [2.45, 2.75) is 19.9 Å². The van der Waals surface area contributed by atoms with E-state index in [1.54, 1.807) is 6.07 Å². The molecule has 2 aromatic carbocycles. The molecule has 0 radical (unpaired) electrons. The van der Waals surface area contributed by atoms with E-state index in [0.717, 1.165) is 17.7 Å². The van der Waals surface area contributed by atoms with Crippen molar-refractivity contribution in [2.24, 2.45) is 5.73 Å². The zero-order chi connectivity index (χ0) is 15.4. The second-order valence-corrected chi connectivity index (χ2v) is 5.50. The quantitative estimate of drug-likeness (QED) is 0.651. The molecular weight excluding hydrogens is 282 g/mol. The molecule has 0 saturated carbocycles. The molecule has 3 nitrogen and oxygen atoms in total. The predicted molar refractivity (Wildman–Crippen MR) is 90.4 cm³/mol. The Bertz CT molecular complexity index is 635. The van der Waals surface area contributed by atoms with E-state index in [4.69, 9.17) is 22.7 Å².